The Morgan fingerprint density at radius 1 is 0.830 bits per heavy atom. The van der Waals surface area contributed by atoms with Gasteiger partial charge >= 0.3 is 12.1 Å². The molecule has 13 heteroatoms. The van der Waals surface area contributed by atoms with Crippen LogP contribution in [0.5, 0.6) is 0 Å². The lowest BCUT2D eigenvalue weighted by atomic mass is 9.98. The third kappa shape index (κ3) is 8.52. The summed E-state index contributed by atoms with van der Waals surface area (Å²) in [5.74, 6) is -3.03. The van der Waals surface area contributed by atoms with Gasteiger partial charge in [0.15, 0.2) is 0 Å². The zero-order valence-corrected chi connectivity index (χ0v) is 29.6. The number of fused-ring (bicyclic) bond motifs is 3. The standard InChI is InChI=1S/C40H47N5O8/c41-19-9-8-17-32(39(50)51)42-36(47)35-22-26(46)23-45(35)38(49)34-18-10-20-44(34)37(48)33(21-25-11-2-1-3-12-25)43-40(52)53-24-31-29-15-6-4-13-27(29)28-14-5-7-16-30(28)31/h1-7,11-16,26,31-35,46H,8-10,17-24,41H2,(H,42,47)(H,43,52)(H,50,51)/t26-,32+,33+,34+,35+/m1/s1. The molecule has 6 N–H and O–H groups in total. The van der Waals surface area contributed by atoms with E-state index in [1.165, 1.54) is 9.80 Å². The Kier molecular flexibility index (Phi) is 12.1. The summed E-state index contributed by atoms with van der Waals surface area (Å²) in [6, 6.07) is 20.9. The minimum Gasteiger partial charge on any atom is -0.480 e. The zero-order valence-electron chi connectivity index (χ0n) is 29.6. The number of hydrogen-bond acceptors (Lipinski definition) is 8. The molecule has 280 valence electrons. The van der Waals surface area contributed by atoms with Crippen molar-refractivity contribution < 1.29 is 38.9 Å². The molecule has 4 amide bonds. The Bertz CT molecular complexity index is 1760. The Balaban J connectivity index is 1.15. The summed E-state index contributed by atoms with van der Waals surface area (Å²) in [4.78, 5) is 69.8. The average Bonchev–Trinajstić information content (AvgIpc) is 3.89. The van der Waals surface area contributed by atoms with E-state index in [4.69, 9.17) is 10.5 Å². The number of carbonyl (C=O) groups excluding carboxylic acids is 4. The number of β-amino-alcohol motifs (C(OH)–C–C–N with tert-alkyl or cyclic N) is 1. The molecule has 0 radical (unpaired) electrons. The molecule has 2 fully saturated rings. The van der Waals surface area contributed by atoms with Gasteiger partial charge in [0, 0.05) is 31.8 Å². The minimum atomic E-state index is -1.20. The number of likely N-dealkylation sites (tertiary alicyclic amines) is 2. The maximum Gasteiger partial charge on any atom is 0.407 e. The molecule has 0 saturated carbocycles. The largest absolute Gasteiger partial charge is 0.480 e. The molecule has 5 atom stereocenters. The lowest BCUT2D eigenvalue weighted by Gasteiger charge is -2.33. The Hall–Kier alpha value is -5.27. The van der Waals surface area contributed by atoms with E-state index >= 15 is 0 Å². The van der Waals surface area contributed by atoms with E-state index < -0.39 is 60.1 Å². The summed E-state index contributed by atoms with van der Waals surface area (Å²) in [5, 5.41) is 25.6. The summed E-state index contributed by atoms with van der Waals surface area (Å²) in [6.45, 7) is 0.572. The Morgan fingerprint density at radius 3 is 2.15 bits per heavy atom. The molecule has 2 heterocycles. The first-order valence-corrected chi connectivity index (χ1v) is 18.3. The Labute approximate surface area is 308 Å². The van der Waals surface area contributed by atoms with Gasteiger partial charge in [0.05, 0.1) is 6.10 Å². The van der Waals surface area contributed by atoms with Gasteiger partial charge in [-0.2, -0.15) is 0 Å². The average molecular weight is 726 g/mol. The van der Waals surface area contributed by atoms with Crippen molar-refractivity contribution in [3.05, 3.63) is 95.6 Å². The molecule has 13 nitrogen and oxygen atoms in total. The van der Waals surface area contributed by atoms with Crippen molar-refractivity contribution in [3.8, 4) is 11.1 Å². The molecule has 2 aliphatic heterocycles. The highest BCUT2D eigenvalue weighted by molar-refractivity contribution is 5.95. The molecular weight excluding hydrogens is 678 g/mol. The van der Waals surface area contributed by atoms with Gasteiger partial charge in [-0.25, -0.2) is 9.59 Å². The number of hydrogen-bond donors (Lipinski definition) is 5. The predicted molar refractivity (Wildman–Crippen MR) is 195 cm³/mol. The second-order valence-corrected chi connectivity index (χ2v) is 14.0. The first-order valence-electron chi connectivity index (χ1n) is 18.3. The van der Waals surface area contributed by atoms with Crippen LogP contribution in [0.2, 0.25) is 0 Å². The van der Waals surface area contributed by atoms with E-state index in [2.05, 4.69) is 10.6 Å². The lowest BCUT2D eigenvalue weighted by Crippen LogP contribution is -2.57. The van der Waals surface area contributed by atoms with Crippen LogP contribution in [0.1, 0.15) is 61.1 Å². The number of nitrogens with two attached hydrogens (primary N) is 1. The highest BCUT2D eigenvalue weighted by Gasteiger charge is 2.46. The summed E-state index contributed by atoms with van der Waals surface area (Å²) in [6.07, 6.45) is 0.431. The molecule has 0 unspecified atom stereocenters. The highest BCUT2D eigenvalue weighted by Crippen LogP contribution is 2.44. The van der Waals surface area contributed by atoms with Crippen molar-refractivity contribution in [1.29, 1.82) is 0 Å². The molecule has 0 spiro atoms. The quantitative estimate of drug-likeness (QED) is 0.156. The third-order valence-corrected chi connectivity index (χ3v) is 10.5. The van der Waals surface area contributed by atoms with Gasteiger partial charge < -0.3 is 41.1 Å². The van der Waals surface area contributed by atoms with Crippen LogP contribution in [0.4, 0.5) is 4.79 Å². The van der Waals surface area contributed by atoms with E-state index in [0.717, 1.165) is 27.8 Å². The number of unbranched alkanes of at least 4 members (excludes halogenated alkanes) is 1. The van der Waals surface area contributed by atoms with Crippen LogP contribution in [-0.4, -0.2) is 106 Å². The number of aliphatic carboxylic acids is 1. The van der Waals surface area contributed by atoms with E-state index in [-0.39, 0.29) is 44.9 Å². The van der Waals surface area contributed by atoms with E-state index in [0.29, 0.717) is 32.2 Å². The maximum atomic E-state index is 14.3. The summed E-state index contributed by atoms with van der Waals surface area (Å²) >= 11 is 0. The number of alkyl carbamates (subject to hydrolysis) is 1. The number of aliphatic hydroxyl groups excluding tert-OH is 1. The number of benzene rings is 3. The number of carbonyl (C=O) groups is 5. The molecule has 3 aliphatic rings. The fraction of sp³-hybridized carbons (Fsp3) is 0.425. The second kappa shape index (κ2) is 17.0. The number of aliphatic hydroxyl groups is 1. The van der Waals surface area contributed by atoms with Crippen molar-refractivity contribution >= 4 is 29.8 Å². The van der Waals surface area contributed by atoms with Crippen molar-refractivity contribution in [3.63, 3.8) is 0 Å². The summed E-state index contributed by atoms with van der Waals surface area (Å²) in [7, 11) is 0. The SMILES string of the molecule is NCCCC[C@H](NC(=O)[C@@H]1C[C@@H](O)CN1C(=O)[C@@H]1CCCN1C(=O)[C@H](Cc1ccccc1)NC(=O)OCC1c2ccccc2-c2ccccc21)C(=O)O. The van der Waals surface area contributed by atoms with Gasteiger partial charge in [-0.15, -0.1) is 0 Å². The third-order valence-electron chi connectivity index (χ3n) is 10.5. The molecule has 0 bridgehead atoms. The second-order valence-electron chi connectivity index (χ2n) is 14.0. The lowest BCUT2D eigenvalue weighted by molar-refractivity contribution is -0.148. The van der Waals surface area contributed by atoms with E-state index in [9.17, 15) is 34.2 Å². The molecule has 53 heavy (non-hydrogen) atoms. The molecule has 3 aromatic carbocycles. The number of carboxylic acids is 1. The minimum absolute atomic E-state index is 0.0622. The maximum absolute atomic E-state index is 14.3. The van der Waals surface area contributed by atoms with Gasteiger partial charge in [-0.05, 0) is 66.5 Å². The van der Waals surface area contributed by atoms with Crippen LogP contribution < -0.4 is 16.4 Å². The molecule has 3 aromatic rings. The van der Waals surface area contributed by atoms with Crippen molar-refractivity contribution in [2.75, 3.05) is 26.2 Å². The summed E-state index contributed by atoms with van der Waals surface area (Å²) < 4.78 is 5.79. The molecular formula is C40H47N5O8. The van der Waals surface area contributed by atoms with Crippen LogP contribution >= 0.6 is 0 Å². The van der Waals surface area contributed by atoms with E-state index in [1.807, 2.05) is 78.9 Å². The normalized spacial score (nSPS) is 20.3. The first-order chi connectivity index (χ1) is 25.7. The topological polar surface area (TPSA) is 192 Å². The van der Waals surface area contributed by atoms with Crippen LogP contribution in [0.3, 0.4) is 0 Å². The number of rotatable bonds is 14. The number of ether oxygens (including phenoxy) is 1. The van der Waals surface area contributed by atoms with Crippen LogP contribution in [0.15, 0.2) is 78.9 Å². The first kappa shape index (κ1) is 37.5. The summed E-state index contributed by atoms with van der Waals surface area (Å²) in [5.41, 5.74) is 10.6. The van der Waals surface area contributed by atoms with Crippen molar-refractivity contribution in [1.82, 2.24) is 20.4 Å². The number of nitrogens with one attached hydrogen (secondary N) is 2. The van der Waals surface area contributed by atoms with Crippen LogP contribution in [0, 0.1) is 0 Å². The highest BCUT2D eigenvalue weighted by atomic mass is 16.5. The monoisotopic (exact) mass is 725 g/mol. The van der Waals surface area contributed by atoms with Crippen LogP contribution in [0.25, 0.3) is 11.1 Å². The number of nitrogens with zero attached hydrogens (tertiary/aromatic N) is 2. The smallest absolute Gasteiger partial charge is 0.407 e. The van der Waals surface area contributed by atoms with Gasteiger partial charge in [-0.1, -0.05) is 78.9 Å². The fourth-order valence-corrected chi connectivity index (χ4v) is 7.84. The fourth-order valence-electron chi connectivity index (χ4n) is 7.84. The predicted octanol–water partition coefficient (Wildman–Crippen LogP) is 2.79. The van der Waals surface area contributed by atoms with Crippen molar-refractivity contribution in [2.45, 2.75) is 81.1 Å². The van der Waals surface area contributed by atoms with Gasteiger partial charge in [0.25, 0.3) is 0 Å². The van der Waals surface area contributed by atoms with Gasteiger partial charge in [0.1, 0.15) is 30.8 Å². The number of carboxylic acid groups (broad SMARTS) is 1. The van der Waals surface area contributed by atoms with Gasteiger partial charge in [-0.3, -0.25) is 14.4 Å². The van der Waals surface area contributed by atoms with Crippen molar-refractivity contribution in [2.24, 2.45) is 5.73 Å². The zero-order chi connectivity index (χ0) is 37.5. The number of amides is 4. The van der Waals surface area contributed by atoms with Gasteiger partial charge in [0.2, 0.25) is 17.7 Å². The molecule has 0 aromatic heterocycles. The molecule has 2 saturated heterocycles. The molecule has 6 rings (SSSR count). The molecule has 1 aliphatic carbocycles. The Morgan fingerprint density at radius 2 is 1.49 bits per heavy atom. The van der Waals surface area contributed by atoms with E-state index in [1.54, 1.807) is 0 Å². The van der Waals surface area contributed by atoms with Crippen LogP contribution in [-0.2, 0) is 30.3 Å².